The molecule has 0 radical (unpaired) electrons. The van der Waals surface area contributed by atoms with E-state index in [1.165, 1.54) is 12.1 Å². The molecule has 0 aliphatic carbocycles. The molecule has 0 saturated carbocycles. The van der Waals surface area contributed by atoms with Gasteiger partial charge in [-0.1, -0.05) is 18.2 Å². The molecule has 0 fully saturated rings. The summed E-state index contributed by atoms with van der Waals surface area (Å²) in [7, 11) is 0. The summed E-state index contributed by atoms with van der Waals surface area (Å²) >= 11 is 0. The Hall–Kier alpha value is -2.05. The third-order valence-electron chi connectivity index (χ3n) is 1.93. The number of halogens is 3. The van der Waals surface area contributed by atoms with Crippen molar-refractivity contribution in [2.24, 2.45) is 0 Å². The van der Waals surface area contributed by atoms with Gasteiger partial charge in [0.1, 0.15) is 0 Å². The van der Waals surface area contributed by atoms with Gasteiger partial charge in [0.25, 0.3) is 0 Å². The molecular formula is C9H6F3N2O2+. The Kier molecular flexibility index (Phi) is 2.30. The van der Waals surface area contributed by atoms with E-state index in [4.69, 9.17) is 0 Å². The van der Waals surface area contributed by atoms with Gasteiger partial charge in [0.05, 0.1) is 0 Å². The Morgan fingerprint density at radius 1 is 1.19 bits per heavy atom. The Morgan fingerprint density at radius 2 is 1.81 bits per heavy atom. The van der Waals surface area contributed by atoms with Crippen molar-refractivity contribution in [3.8, 4) is 5.69 Å². The van der Waals surface area contributed by atoms with Crippen molar-refractivity contribution in [3.05, 3.63) is 46.4 Å². The van der Waals surface area contributed by atoms with E-state index in [2.05, 4.69) is 4.52 Å². The van der Waals surface area contributed by atoms with Crippen LogP contribution in [-0.2, 0) is 6.18 Å². The average Bonchev–Trinajstić information content (AvgIpc) is 2.61. The fourth-order valence-electron chi connectivity index (χ4n) is 1.27. The van der Waals surface area contributed by atoms with Crippen LogP contribution < -0.4 is 10.3 Å². The van der Waals surface area contributed by atoms with Crippen LogP contribution in [-0.4, -0.2) is 5.27 Å². The molecule has 1 heterocycles. The molecule has 2 rings (SSSR count). The van der Waals surface area contributed by atoms with Crippen LogP contribution in [0.1, 0.15) is 5.69 Å². The molecule has 1 N–H and O–H groups in total. The monoisotopic (exact) mass is 231 g/mol. The molecule has 2 aromatic rings. The molecule has 0 saturated heterocycles. The second-order valence-corrected chi connectivity index (χ2v) is 3.00. The summed E-state index contributed by atoms with van der Waals surface area (Å²) in [6, 6.07) is 7.58. The zero-order valence-corrected chi connectivity index (χ0v) is 7.78. The lowest BCUT2D eigenvalue weighted by atomic mass is 10.3. The first kappa shape index (κ1) is 10.5. The predicted molar refractivity (Wildman–Crippen MR) is 45.9 cm³/mol. The van der Waals surface area contributed by atoms with E-state index in [1.54, 1.807) is 18.2 Å². The average molecular weight is 231 g/mol. The second kappa shape index (κ2) is 3.51. The summed E-state index contributed by atoms with van der Waals surface area (Å²) in [6.45, 7) is 0. The first-order valence-electron chi connectivity index (χ1n) is 4.26. The minimum atomic E-state index is -4.77. The van der Waals surface area contributed by atoms with Gasteiger partial charge in [-0.25, -0.2) is 4.79 Å². The van der Waals surface area contributed by atoms with Gasteiger partial charge in [-0.05, 0) is 9.95 Å². The van der Waals surface area contributed by atoms with Gasteiger partial charge in [0.15, 0.2) is 0 Å². The zero-order chi connectivity index (χ0) is 11.8. The molecule has 4 nitrogen and oxygen atoms in total. The summed E-state index contributed by atoms with van der Waals surface area (Å²) in [4.78, 5) is 10.9. The number of hydrogen-bond acceptors (Lipinski definition) is 2. The van der Waals surface area contributed by atoms with Gasteiger partial charge in [-0.15, -0.1) is 0 Å². The molecule has 0 aliphatic heterocycles. The third kappa shape index (κ3) is 1.71. The zero-order valence-electron chi connectivity index (χ0n) is 7.78. The number of rotatable bonds is 1. The molecule has 84 valence electrons. The summed E-state index contributed by atoms with van der Waals surface area (Å²) in [6.07, 6.45) is -4.77. The smallest absolute Gasteiger partial charge is 0.282 e. The van der Waals surface area contributed by atoms with Crippen LogP contribution in [0.3, 0.4) is 0 Å². The predicted octanol–water partition coefficient (Wildman–Crippen LogP) is 1.26. The highest BCUT2D eigenvalue weighted by atomic mass is 19.4. The first-order valence-corrected chi connectivity index (χ1v) is 4.26. The lowest BCUT2D eigenvalue weighted by Crippen LogP contribution is -2.42. The number of benzene rings is 1. The van der Waals surface area contributed by atoms with Gasteiger partial charge in [-0.2, -0.15) is 13.2 Å². The number of para-hydroxylation sites is 1. The van der Waals surface area contributed by atoms with Crippen molar-refractivity contribution >= 4 is 0 Å². The fourth-order valence-corrected chi connectivity index (χ4v) is 1.27. The molecular weight excluding hydrogens is 225 g/mol. The number of aromatic nitrogens is 2. The quantitative estimate of drug-likeness (QED) is 0.751. The van der Waals surface area contributed by atoms with E-state index in [0.29, 0.717) is 4.68 Å². The number of hydrogen-bond donors (Lipinski definition) is 1. The van der Waals surface area contributed by atoms with Crippen molar-refractivity contribution in [3.63, 3.8) is 0 Å². The van der Waals surface area contributed by atoms with Crippen molar-refractivity contribution in [2.45, 2.75) is 6.18 Å². The Balaban J connectivity index is 2.64. The minimum Gasteiger partial charge on any atom is -0.282 e. The summed E-state index contributed by atoms with van der Waals surface area (Å²) in [5, 5.41) is 1.91. The van der Waals surface area contributed by atoms with E-state index in [-0.39, 0.29) is 5.69 Å². The van der Waals surface area contributed by atoms with E-state index in [9.17, 15) is 18.0 Å². The number of alkyl halides is 3. The standard InChI is InChI=1S/C9H5F3N2O2/c10-9(11,12)7-8(15)16-13-14(7)6-4-2-1-3-5-6/h1-5H/p+1. The van der Waals surface area contributed by atoms with Crippen LogP contribution in [0.25, 0.3) is 5.69 Å². The minimum absolute atomic E-state index is 0.167. The van der Waals surface area contributed by atoms with Crippen molar-refractivity contribution in [1.82, 2.24) is 5.27 Å². The highest BCUT2D eigenvalue weighted by Gasteiger charge is 2.48. The third-order valence-corrected chi connectivity index (χ3v) is 1.93. The van der Waals surface area contributed by atoms with Gasteiger partial charge in [-0.3, -0.25) is 4.52 Å². The van der Waals surface area contributed by atoms with Crippen molar-refractivity contribution < 1.29 is 22.4 Å². The second-order valence-electron chi connectivity index (χ2n) is 3.00. The molecule has 0 spiro atoms. The van der Waals surface area contributed by atoms with Crippen molar-refractivity contribution in [2.75, 3.05) is 0 Å². The first-order chi connectivity index (χ1) is 7.50. The van der Waals surface area contributed by atoms with Crippen LogP contribution in [0.5, 0.6) is 0 Å². The fraction of sp³-hybridized carbons (Fsp3) is 0.111. The van der Waals surface area contributed by atoms with Crippen LogP contribution in [0.2, 0.25) is 0 Å². The molecule has 7 heteroatoms. The lowest BCUT2D eigenvalue weighted by Gasteiger charge is -1.97. The van der Waals surface area contributed by atoms with E-state index < -0.39 is 17.5 Å². The Bertz CT molecular complexity index is 542. The molecule has 16 heavy (non-hydrogen) atoms. The summed E-state index contributed by atoms with van der Waals surface area (Å²) in [5.41, 5.74) is -2.67. The summed E-state index contributed by atoms with van der Waals surface area (Å²) in [5.74, 6) is 0. The van der Waals surface area contributed by atoms with E-state index >= 15 is 0 Å². The number of aromatic amines is 1. The molecule has 0 atom stereocenters. The SMILES string of the molecule is O=c1o[nH][n+](-c2ccccc2)c1C(F)(F)F. The summed E-state index contributed by atoms with van der Waals surface area (Å²) < 4.78 is 42.3. The lowest BCUT2D eigenvalue weighted by molar-refractivity contribution is -0.688. The van der Waals surface area contributed by atoms with Crippen LogP contribution in [0, 0.1) is 0 Å². The molecule has 0 amide bonds. The van der Waals surface area contributed by atoms with Crippen molar-refractivity contribution in [1.29, 1.82) is 0 Å². The number of H-pyrrole nitrogens is 1. The van der Waals surface area contributed by atoms with Gasteiger partial charge in [0, 0.05) is 12.1 Å². The molecule has 1 aromatic heterocycles. The largest absolute Gasteiger partial charge is 0.488 e. The van der Waals surface area contributed by atoms with Gasteiger partial charge >= 0.3 is 17.5 Å². The van der Waals surface area contributed by atoms with E-state index in [1.807, 2.05) is 5.27 Å². The van der Waals surface area contributed by atoms with Crippen LogP contribution in [0.15, 0.2) is 39.6 Å². The maximum atomic E-state index is 12.5. The normalized spacial score (nSPS) is 11.7. The molecule has 0 aliphatic rings. The highest BCUT2D eigenvalue weighted by Crippen LogP contribution is 2.24. The Morgan fingerprint density at radius 3 is 2.38 bits per heavy atom. The molecule has 1 aromatic carbocycles. The maximum Gasteiger partial charge on any atom is 0.488 e. The van der Waals surface area contributed by atoms with Crippen LogP contribution in [0.4, 0.5) is 13.2 Å². The van der Waals surface area contributed by atoms with Gasteiger partial charge in [0.2, 0.25) is 5.69 Å². The molecule has 0 unspecified atom stereocenters. The number of nitrogens with one attached hydrogen (secondary N) is 1. The van der Waals surface area contributed by atoms with Crippen LogP contribution >= 0.6 is 0 Å². The number of nitrogens with zero attached hydrogens (tertiary/aromatic N) is 1. The maximum absolute atomic E-state index is 12.5. The Labute approximate surface area is 86.9 Å². The highest BCUT2D eigenvalue weighted by molar-refractivity contribution is 5.21. The topological polar surface area (TPSA) is 49.9 Å². The van der Waals surface area contributed by atoms with E-state index in [0.717, 1.165) is 0 Å². The molecule has 0 bridgehead atoms. The van der Waals surface area contributed by atoms with Gasteiger partial charge < -0.3 is 0 Å².